The molecule has 142 valence electrons. The fraction of sp³-hybridized carbons (Fsp3) is 0.895. The number of nitrogens with two attached hydrogens (primary N) is 1. The van der Waals surface area contributed by atoms with Gasteiger partial charge in [-0.15, -0.1) is 0 Å². The number of amides is 2. The topological polar surface area (TPSA) is 69.9 Å². The van der Waals surface area contributed by atoms with Crippen molar-refractivity contribution >= 4 is 11.8 Å². The lowest BCUT2D eigenvalue weighted by molar-refractivity contribution is -0.142. The molecule has 0 aromatic heterocycles. The normalized spacial score (nSPS) is 32.7. The van der Waals surface area contributed by atoms with Crippen molar-refractivity contribution in [1.29, 1.82) is 0 Å². The van der Waals surface area contributed by atoms with Crippen LogP contribution in [-0.4, -0.2) is 77.4 Å². The van der Waals surface area contributed by atoms with E-state index in [1.807, 2.05) is 23.6 Å². The van der Waals surface area contributed by atoms with E-state index in [4.69, 9.17) is 5.73 Å². The molecule has 0 aromatic carbocycles. The summed E-state index contributed by atoms with van der Waals surface area (Å²) in [5, 5.41) is 0. The van der Waals surface area contributed by atoms with Crippen molar-refractivity contribution in [3.8, 4) is 0 Å². The predicted octanol–water partition coefficient (Wildman–Crippen LogP) is 1.05. The van der Waals surface area contributed by atoms with E-state index in [2.05, 4.69) is 4.90 Å². The third-order valence-electron chi connectivity index (χ3n) is 6.50. The second-order valence-electron chi connectivity index (χ2n) is 8.37. The first-order chi connectivity index (χ1) is 11.9. The van der Waals surface area contributed by atoms with Gasteiger partial charge in [0.1, 0.15) is 0 Å². The van der Waals surface area contributed by atoms with Gasteiger partial charge >= 0.3 is 0 Å². The van der Waals surface area contributed by atoms with Crippen molar-refractivity contribution in [3.63, 3.8) is 0 Å². The minimum Gasteiger partial charge on any atom is -0.341 e. The molecule has 0 spiro atoms. The third kappa shape index (κ3) is 4.00. The van der Waals surface area contributed by atoms with Gasteiger partial charge in [-0.05, 0) is 39.5 Å². The largest absolute Gasteiger partial charge is 0.341 e. The van der Waals surface area contributed by atoms with E-state index in [0.717, 1.165) is 64.7 Å². The minimum atomic E-state index is -0.370. The van der Waals surface area contributed by atoms with Crippen LogP contribution in [0.5, 0.6) is 0 Å². The summed E-state index contributed by atoms with van der Waals surface area (Å²) in [7, 11) is 0. The first-order valence-electron chi connectivity index (χ1n) is 10.0. The third-order valence-corrected chi connectivity index (χ3v) is 6.50. The molecule has 2 aliphatic heterocycles. The van der Waals surface area contributed by atoms with Crippen molar-refractivity contribution in [3.05, 3.63) is 0 Å². The fourth-order valence-corrected chi connectivity index (χ4v) is 4.67. The van der Waals surface area contributed by atoms with Gasteiger partial charge in [-0.1, -0.05) is 12.8 Å². The molecule has 0 aromatic rings. The van der Waals surface area contributed by atoms with E-state index in [9.17, 15) is 9.59 Å². The highest BCUT2D eigenvalue weighted by Crippen LogP contribution is 2.33. The van der Waals surface area contributed by atoms with Crippen LogP contribution in [0.25, 0.3) is 0 Å². The second kappa shape index (κ2) is 7.62. The van der Waals surface area contributed by atoms with Crippen molar-refractivity contribution < 1.29 is 9.59 Å². The highest BCUT2D eigenvalue weighted by molar-refractivity contribution is 5.82. The van der Waals surface area contributed by atoms with Crippen molar-refractivity contribution in [2.24, 2.45) is 11.7 Å². The van der Waals surface area contributed by atoms with Gasteiger partial charge in [-0.25, -0.2) is 0 Å². The molecular weight excluding hydrogens is 316 g/mol. The molecule has 3 fully saturated rings. The molecule has 6 heteroatoms. The number of carbonyl (C=O) groups is 2. The molecule has 2 amide bonds. The number of nitrogens with zero attached hydrogens (tertiary/aromatic N) is 3. The number of rotatable bonds is 3. The summed E-state index contributed by atoms with van der Waals surface area (Å²) in [6.07, 6.45) is 6.33. The van der Waals surface area contributed by atoms with Gasteiger partial charge in [0, 0.05) is 44.8 Å². The maximum absolute atomic E-state index is 12.9. The molecule has 25 heavy (non-hydrogen) atoms. The Kier molecular flexibility index (Phi) is 5.68. The van der Waals surface area contributed by atoms with Crippen molar-refractivity contribution in [1.82, 2.24) is 14.7 Å². The van der Waals surface area contributed by atoms with Crippen molar-refractivity contribution in [2.75, 3.05) is 39.3 Å². The maximum Gasteiger partial charge on any atom is 0.239 e. The van der Waals surface area contributed by atoms with Gasteiger partial charge in [-0.3, -0.25) is 14.5 Å². The monoisotopic (exact) mass is 350 g/mol. The number of piperazine rings is 1. The number of likely N-dealkylation sites (tertiary alicyclic amines) is 1. The standard InChI is InChI=1S/C19H34N4O2/c1-15(17(24)22-9-5-6-10-22)21-11-13-23(14-12-21)18(25)16-7-3-4-8-19(16,2)20/h15-16H,3-14,20H2,1-2H3. The minimum absolute atomic E-state index is 0.0449. The number of hydrogen-bond acceptors (Lipinski definition) is 4. The Hall–Kier alpha value is -1.14. The zero-order valence-corrected chi connectivity index (χ0v) is 15.9. The molecule has 3 unspecified atom stereocenters. The molecule has 2 N–H and O–H groups in total. The molecule has 3 atom stereocenters. The molecule has 1 saturated carbocycles. The summed E-state index contributed by atoms with van der Waals surface area (Å²) in [6.45, 7) is 8.82. The highest BCUT2D eigenvalue weighted by Gasteiger charge is 2.41. The molecule has 0 radical (unpaired) electrons. The lowest BCUT2D eigenvalue weighted by atomic mass is 9.74. The van der Waals surface area contributed by atoms with Gasteiger partial charge in [0.05, 0.1) is 12.0 Å². The smallest absolute Gasteiger partial charge is 0.239 e. The van der Waals surface area contributed by atoms with E-state index in [1.54, 1.807) is 0 Å². The molecule has 3 aliphatic rings. The van der Waals surface area contributed by atoms with Gasteiger partial charge in [0.25, 0.3) is 0 Å². The Bertz CT molecular complexity index is 494. The van der Waals surface area contributed by atoms with Crippen LogP contribution < -0.4 is 5.73 Å². The van der Waals surface area contributed by atoms with Crippen LogP contribution in [0.2, 0.25) is 0 Å². The summed E-state index contributed by atoms with van der Waals surface area (Å²) in [5.74, 6) is 0.429. The summed E-state index contributed by atoms with van der Waals surface area (Å²) in [6, 6.07) is -0.0789. The van der Waals surface area contributed by atoms with E-state index in [-0.39, 0.29) is 29.3 Å². The van der Waals surface area contributed by atoms with Gasteiger partial charge in [0.2, 0.25) is 11.8 Å². The summed E-state index contributed by atoms with van der Waals surface area (Å²) in [5.41, 5.74) is 6.04. The quantitative estimate of drug-likeness (QED) is 0.826. The van der Waals surface area contributed by atoms with Crippen LogP contribution in [0.1, 0.15) is 52.4 Å². The zero-order chi connectivity index (χ0) is 18.0. The number of carbonyl (C=O) groups excluding carboxylic acids is 2. The van der Waals surface area contributed by atoms with Crippen LogP contribution in [-0.2, 0) is 9.59 Å². The first kappa shape index (κ1) is 18.6. The fourth-order valence-electron chi connectivity index (χ4n) is 4.67. The van der Waals surface area contributed by atoms with E-state index >= 15 is 0 Å². The molecule has 0 bridgehead atoms. The van der Waals surface area contributed by atoms with E-state index in [0.29, 0.717) is 13.1 Å². The van der Waals surface area contributed by atoms with Crippen LogP contribution in [0, 0.1) is 5.92 Å². The van der Waals surface area contributed by atoms with E-state index in [1.165, 1.54) is 0 Å². The van der Waals surface area contributed by atoms with Crippen LogP contribution in [0.15, 0.2) is 0 Å². The average molecular weight is 351 g/mol. The van der Waals surface area contributed by atoms with Crippen LogP contribution in [0.4, 0.5) is 0 Å². The average Bonchev–Trinajstić information content (AvgIpc) is 3.14. The molecule has 2 heterocycles. The van der Waals surface area contributed by atoms with Crippen LogP contribution >= 0.6 is 0 Å². The second-order valence-corrected chi connectivity index (χ2v) is 8.37. The lowest BCUT2D eigenvalue weighted by Crippen LogP contribution is -2.59. The Morgan fingerprint density at radius 1 is 0.960 bits per heavy atom. The maximum atomic E-state index is 12.9. The molecular formula is C19H34N4O2. The van der Waals surface area contributed by atoms with Gasteiger partial charge < -0.3 is 15.5 Å². The van der Waals surface area contributed by atoms with Gasteiger partial charge in [-0.2, -0.15) is 0 Å². The summed E-state index contributed by atoms with van der Waals surface area (Å²) >= 11 is 0. The SMILES string of the molecule is CC(C(=O)N1CCCC1)N1CCN(C(=O)C2CCCCC2(C)N)CC1. The van der Waals surface area contributed by atoms with E-state index < -0.39 is 0 Å². The zero-order valence-electron chi connectivity index (χ0n) is 15.9. The van der Waals surface area contributed by atoms with Crippen molar-refractivity contribution in [2.45, 2.75) is 64.0 Å². The highest BCUT2D eigenvalue weighted by atomic mass is 16.2. The Morgan fingerprint density at radius 2 is 1.60 bits per heavy atom. The van der Waals surface area contributed by atoms with Gasteiger partial charge in [0.15, 0.2) is 0 Å². The van der Waals surface area contributed by atoms with Crippen LogP contribution in [0.3, 0.4) is 0 Å². The Balaban J connectivity index is 1.52. The molecule has 3 rings (SSSR count). The molecule has 2 saturated heterocycles. The predicted molar refractivity (Wildman–Crippen MR) is 98.0 cm³/mol. The summed E-state index contributed by atoms with van der Waals surface area (Å²) < 4.78 is 0. The lowest BCUT2D eigenvalue weighted by Gasteiger charge is -2.43. The molecule has 6 nitrogen and oxygen atoms in total. The number of hydrogen-bond donors (Lipinski definition) is 1. The first-order valence-corrected chi connectivity index (χ1v) is 10.0. The summed E-state index contributed by atoms with van der Waals surface area (Å²) in [4.78, 5) is 31.7. The molecule has 1 aliphatic carbocycles. The Morgan fingerprint density at radius 3 is 2.20 bits per heavy atom. The Labute approximate surface area is 151 Å².